The average molecular weight is 290 g/mol. The lowest BCUT2D eigenvalue weighted by Gasteiger charge is -2.01. The van der Waals surface area contributed by atoms with E-state index in [9.17, 15) is 4.79 Å². The van der Waals surface area contributed by atoms with Crippen LogP contribution in [0, 0.1) is 25.7 Å². The molecule has 0 aliphatic heterocycles. The Morgan fingerprint density at radius 3 is 2.05 bits per heavy atom. The van der Waals surface area contributed by atoms with Gasteiger partial charge in [-0.05, 0) is 43.5 Å². The number of aryl methyl sites for hydroxylation is 2. The maximum Gasteiger partial charge on any atom is 0.308 e. The summed E-state index contributed by atoms with van der Waals surface area (Å²) in [5.74, 6) is 5.90. The fourth-order valence-electron chi connectivity index (χ4n) is 1.83. The molecule has 2 heteroatoms. The predicted octanol–water partition coefficient (Wildman–Crippen LogP) is 4.26. The van der Waals surface area contributed by atoms with Crippen molar-refractivity contribution in [1.29, 1.82) is 0 Å². The lowest BCUT2D eigenvalue weighted by molar-refractivity contribution is -0.136. The molecule has 0 heterocycles. The average Bonchev–Trinajstić information content (AvgIpc) is 2.48. The summed E-state index contributed by atoms with van der Waals surface area (Å²) in [5, 5.41) is 0. The molecule has 0 saturated heterocycles. The number of esters is 1. The first kappa shape index (κ1) is 15.6. The number of allylic oxidation sites excluding steroid dienone is 1. The zero-order valence-corrected chi connectivity index (χ0v) is 13.0. The summed E-state index contributed by atoms with van der Waals surface area (Å²) in [6.45, 7) is 5.42. The summed E-state index contributed by atoms with van der Waals surface area (Å²) in [4.78, 5) is 11.2. The molecule has 0 spiro atoms. The van der Waals surface area contributed by atoms with E-state index in [1.807, 2.05) is 62.4 Å². The third-order valence-corrected chi connectivity index (χ3v) is 3.01. The third kappa shape index (κ3) is 4.96. The molecule has 0 aliphatic carbocycles. The van der Waals surface area contributed by atoms with Crippen molar-refractivity contribution < 1.29 is 9.53 Å². The maximum atomic E-state index is 11.2. The van der Waals surface area contributed by atoms with Gasteiger partial charge in [-0.2, -0.15) is 0 Å². The molecule has 2 aromatic rings. The topological polar surface area (TPSA) is 26.3 Å². The highest BCUT2D eigenvalue weighted by Gasteiger charge is 2.00. The Bertz CT molecular complexity index is 739. The van der Waals surface area contributed by atoms with Crippen molar-refractivity contribution in [2.24, 2.45) is 0 Å². The van der Waals surface area contributed by atoms with Crippen LogP contribution in [0.1, 0.15) is 29.2 Å². The van der Waals surface area contributed by atoms with Gasteiger partial charge in [-0.1, -0.05) is 53.4 Å². The number of carbonyl (C=O) groups excluding carboxylic acids is 1. The van der Waals surface area contributed by atoms with E-state index in [2.05, 4.69) is 11.8 Å². The van der Waals surface area contributed by atoms with E-state index in [1.165, 1.54) is 18.1 Å². The lowest BCUT2D eigenvalue weighted by atomic mass is 10.1. The molecule has 22 heavy (non-hydrogen) atoms. The molecule has 0 aliphatic rings. The van der Waals surface area contributed by atoms with Crippen LogP contribution in [0.15, 0.2) is 54.3 Å². The monoisotopic (exact) mass is 290 g/mol. The van der Waals surface area contributed by atoms with Crippen LogP contribution < -0.4 is 0 Å². The molecule has 2 nitrogen and oxygen atoms in total. The van der Waals surface area contributed by atoms with Gasteiger partial charge in [0.15, 0.2) is 5.76 Å². The van der Waals surface area contributed by atoms with Crippen LogP contribution in [0.4, 0.5) is 0 Å². The first-order valence-corrected chi connectivity index (χ1v) is 7.08. The fraction of sp³-hybridized carbons (Fsp3) is 0.150. The standard InChI is InChI=1S/C20H18O2/c1-15-4-8-18(9-5-15)12-13-20(22-17(3)21)14-19-10-6-16(2)7-11-19/h4-11,14H,1-3H3/b20-14+. The van der Waals surface area contributed by atoms with Crippen LogP contribution in [-0.4, -0.2) is 5.97 Å². The maximum absolute atomic E-state index is 11.2. The summed E-state index contributed by atoms with van der Waals surface area (Å²) in [7, 11) is 0. The van der Waals surface area contributed by atoms with Gasteiger partial charge in [0, 0.05) is 12.5 Å². The summed E-state index contributed by atoms with van der Waals surface area (Å²) >= 11 is 0. The first-order chi connectivity index (χ1) is 10.5. The van der Waals surface area contributed by atoms with E-state index in [-0.39, 0.29) is 5.97 Å². The summed E-state index contributed by atoms with van der Waals surface area (Å²) in [6.07, 6.45) is 1.77. The molecular formula is C20H18O2. The highest BCUT2D eigenvalue weighted by molar-refractivity contribution is 5.70. The zero-order valence-electron chi connectivity index (χ0n) is 13.0. The summed E-state index contributed by atoms with van der Waals surface area (Å²) in [5.41, 5.74) is 4.19. The van der Waals surface area contributed by atoms with Gasteiger partial charge in [0.05, 0.1) is 0 Å². The van der Waals surface area contributed by atoms with Crippen LogP contribution >= 0.6 is 0 Å². The molecule has 0 saturated carbocycles. The molecule has 110 valence electrons. The van der Waals surface area contributed by atoms with Crippen LogP contribution in [0.5, 0.6) is 0 Å². The van der Waals surface area contributed by atoms with Crippen molar-refractivity contribution in [3.8, 4) is 11.8 Å². The Kier molecular flexibility index (Phi) is 5.16. The Hall–Kier alpha value is -2.79. The minimum Gasteiger partial charge on any atom is -0.417 e. The highest BCUT2D eigenvalue weighted by Crippen LogP contribution is 2.10. The van der Waals surface area contributed by atoms with Gasteiger partial charge in [0.25, 0.3) is 0 Å². The van der Waals surface area contributed by atoms with Crippen molar-refractivity contribution in [3.63, 3.8) is 0 Å². The second kappa shape index (κ2) is 7.28. The van der Waals surface area contributed by atoms with E-state index in [0.717, 1.165) is 11.1 Å². The second-order valence-corrected chi connectivity index (χ2v) is 5.13. The lowest BCUT2D eigenvalue weighted by Crippen LogP contribution is -1.97. The van der Waals surface area contributed by atoms with E-state index < -0.39 is 0 Å². The SMILES string of the molecule is CC(=O)O/C(C#Cc1ccc(C)cc1)=C/c1ccc(C)cc1. The third-order valence-electron chi connectivity index (χ3n) is 3.01. The molecule has 0 N–H and O–H groups in total. The number of hydrogen-bond acceptors (Lipinski definition) is 2. The minimum absolute atomic E-state index is 0.344. The molecule has 0 atom stereocenters. The van der Waals surface area contributed by atoms with Gasteiger partial charge in [0.1, 0.15) is 0 Å². The molecule has 0 aromatic heterocycles. The van der Waals surface area contributed by atoms with Crippen molar-refractivity contribution in [3.05, 3.63) is 76.5 Å². The van der Waals surface area contributed by atoms with Crippen LogP contribution in [-0.2, 0) is 9.53 Å². The Morgan fingerprint density at radius 1 is 0.955 bits per heavy atom. The summed E-state index contributed by atoms with van der Waals surface area (Å²) < 4.78 is 5.18. The van der Waals surface area contributed by atoms with Gasteiger partial charge in [0.2, 0.25) is 0 Å². The molecule has 0 fully saturated rings. The fourth-order valence-corrected chi connectivity index (χ4v) is 1.83. The van der Waals surface area contributed by atoms with Crippen molar-refractivity contribution in [2.45, 2.75) is 20.8 Å². The highest BCUT2D eigenvalue weighted by atomic mass is 16.5. The molecule has 0 bridgehead atoms. The normalized spacial score (nSPS) is 10.6. The van der Waals surface area contributed by atoms with Crippen molar-refractivity contribution in [1.82, 2.24) is 0 Å². The number of rotatable bonds is 2. The molecule has 0 unspecified atom stereocenters. The Labute approximate surface area is 131 Å². The molecule has 2 rings (SSSR count). The summed E-state index contributed by atoms with van der Waals surface area (Å²) in [6, 6.07) is 15.8. The van der Waals surface area contributed by atoms with Crippen molar-refractivity contribution in [2.75, 3.05) is 0 Å². The quantitative estimate of drug-likeness (QED) is 0.469. The van der Waals surface area contributed by atoms with Gasteiger partial charge in [-0.3, -0.25) is 4.79 Å². The molecular weight excluding hydrogens is 272 g/mol. The van der Waals surface area contributed by atoms with E-state index >= 15 is 0 Å². The van der Waals surface area contributed by atoms with Gasteiger partial charge in [-0.25, -0.2) is 0 Å². The molecule has 2 aromatic carbocycles. The number of ether oxygens (including phenoxy) is 1. The Balaban J connectivity index is 2.28. The minimum atomic E-state index is -0.378. The predicted molar refractivity (Wildman–Crippen MR) is 89.0 cm³/mol. The van der Waals surface area contributed by atoms with Crippen molar-refractivity contribution >= 4 is 12.0 Å². The largest absolute Gasteiger partial charge is 0.417 e. The van der Waals surface area contributed by atoms with Crippen LogP contribution in [0.3, 0.4) is 0 Å². The van der Waals surface area contributed by atoms with Gasteiger partial charge < -0.3 is 4.74 Å². The first-order valence-electron chi connectivity index (χ1n) is 7.08. The van der Waals surface area contributed by atoms with Gasteiger partial charge in [-0.15, -0.1) is 0 Å². The number of hydrogen-bond donors (Lipinski definition) is 0. The van der Waals surface area contributed by atoms with E-state index in [1.54, 1.807) is 6.08 Å². The number of benzene rings is 2. The Morgan fingerprint density at radius 2 is 1.50 bits per heavy atom. The smallest absolute Gasteiger partial charge is 0.308 e. The van der Waals surface area contributed by atoms with E-state index in [0.29, 0.717) is 5.76 Å². The van der Waals surface area contributed by atoms with Crippen LogP contribution in [0.25, 0.3) is 6.08 Å². The zero-order chi connectivity index (χ0) is 15.9. The van der Waals surface area contributed by atoms with Gasteiger partial charge >= 0.3 is 5.97 Å². The molecule has 0 radical (unpaired) electrons. The molecule has 0 amide bonds. The van der Waals surface area contributed by atoms with Crippen LogP contribution in [0.2, 0.25) is 0 Å². The van der Waals surface area contributed by atoms with E-state index in [4.69, 9.17) is 4.74 Å². The number of carbonyl (C=O) groups is 1. The second-order valence-electron chi connectivity index (χ2n) is 5.13.